The van der Waals surface area contributed by atoms with Crippen molar-refractivity contribution in [1.29, 1.82) is 0 Å². The second-order valence-electron chi connectivity index (χ2n) is 7.18. The van der Waals surface area contributed by atoms with Crippen LogP contribution in [0.1, 0.15) is 36.5 Å². The molecule has 1 aliphatic rings. The van der Waals surface area contributed by atoms with Crippen molar-refractivity contribution in [3.05, 3.63) is 64.2 Å². The largest absolute Gasteiger partial charge is 0.417 e. The van der Waals surface area contributed by atoms with E-state index in [0.717, 1.165) is 55.4 Å². The molecule has 0 fully saturated rings. The van der Waals surface area contributed by atoms with E-state index in [4.69, 9.17) is 16.7 Å². The Labute approximate surface area is 172 Å². The minimum atomic E-state index is -4.51. The molecule has 1 aromatic heterocycles. The number of nitrogens with one attached hydrogen (secondary N) is 1. The Bertz CT molecular complexity index is 1020. The van der Waals surface area contributed by atoms with E-state index in [1.165, 1.54) is 11.6 Å². The molecule has 0 spiro atoms. The first kappa shape index (κ1) is 19.8. The molecule has 2 aromatic carbocycles. The van der Waals surface area contributed by atoms with Crippen LogP contribution in [0.5, 0.6) is 0 Å². The normalized spacial score (nSPS) is 14.2. The number of halogens is 4. The van der Waals surface area contributed by atoms with Gasteiger partial charge in [0.2, 0.25) is 0 Å². The molecule has 1 aliphatic heterocycles. The van der Waals surface area contributed by atoms with E-state index in [9.17, 15) is 13.2 Å². The maximum Gasteiger partial charge on any atom is 0.417 e. The van der Waals surface area contributed by atoms with Gasteiger partial charge in [0.1, 0.15) is 5.82 Å². The average Bonchev–Trinajstić information content (AvgIpc) is 2.89. The van der Waals surface area contributed by atoms with E-state index >= 15 is 0 Å². The lowest BCUT2D eigenvalue weighted by Crippen LogP contribution is -2.07. The van der Waals surface area contributed by atoms with Crippen LogP contribution in [0.3, 0.4) is 0 Å². The lowest BCUT2D eigenvalue weighted by atomic mass is 10.0. The Hall–Kier alpha value is -2.47. The number of benzene rings is 2. The fourth-order valence-corrected chi connectivity index (χ4v) is 3.91. The molecule has 0 aliphatic carbocycles. The highest BCUT2D eigenvalue weighted by Crippen LogP contribution is 2.39. The van der Waals surface area contributed by atoms with Crippen LogP contribution in [0.25, 0.3) is 16.9 Å². The number of aryl methyl sites for hydroxylation is 1. The minimum absolute atomic E-state index is 0.306. The first-order valence-corrected chi connectivity index (χ1v) is 10.1. The van der Waals surface area contributed by atoms with Gasteiger partial charge in [0, 0.05) is 17.7 Å². The van der Waals surface area contributed by atoms with E-state index in [2.05, 4.69) is 12.2 Å². The molecule has 0 radical (unpaired) electrons. The van der Waals surface area contributed by atoms with Gasteiger partial charge in [-0.25, -0.2) is 4.68 Å². The molecule has 29 heavy (non-hydrogen) atoms. The van der Waals surface area contributed by atoms with Crippen molar-refractivity contribution < 1.29 is 13.2 Å². The smallest absolute Gasteiger partial charge is 0.370 e. The van der Waals surface area contributed by atoms with Crippen LogP contribution in [0, 0.1) is 0 Å². The maximum absolute atomic E-state index is 13.4. The Morgan fingerprint density at radius 2 is 1.86 bits per heavy atom. The van der Waals surface area contributed by atoms with Crippen LogP contribution in [-0.4, -0.2) is 16.3 Å². The summed E-state index contributed by atoms with van der Waals surface area (Å²) in [4.78, 5) is 0. The van der Waals surface area contributed by atoms with Crippen molar-refractivity contribution in [3.63, 3.8) is 0 Å². The van der Waals surface area contributed by atoms with Crippen molar-refractivity contribution in [2.45, 2.75) is 38.8 Å². The second-order valence-corrected chi connectivity index (χ2v) is 7.59. The van der Waals surface area contributed by atoms with Gasteiger partial charge in [-0.1, -0.05) is 36.7 Å². The molecule has 0 atom stereocenters. The van der Waals surface area contributed by atoms with Gasteiger partial charge in [-0.3, -0.25) is 0 Å². The van der Waals surface area contributed by atoms with Crippen molar-refractivity contribution in [2.75, 3.05) is 11.9 Å². The van der Waals surface area contributed by atoms with E-state index in [0.29, 0.717) is 11.3 Å². The SMILES string of the molecule is CCc1ccc(-n2nc(-c3ccc(Cl)c(C(F)(F)F)c3)c3c2NCCCC3)cc1. The maximum atomic E-state index is 13.4. The summed E-state index contributed by atoms with van der Waals surface area (Å²) in [6.07, 6.45) is -0.869. The van der Waals surface area contributed by atoms with Gasteiger partial charge in [0.05, 0.1) is 22.0 Å². The highest BCUT2D eigenvalue weighted by molar-refractivity contribution is 6.31. The summed E-state index contributed by atoms with van der Waals surface area (Å²) in [5, 5.41) is 7.84. The van der Waals surface area contributed by atoms with Crippen LogP contribution in [0.15, 0.2) is 42.5 Å². The number of hydrogen-bond donors (Lipinski definition) is 1. The van der Waals surface area contributed by atoms with Gasteiger partial charge >= 0.3 is 6.18 Å². The molecule has 4 rings (SSSR count). The predicted octanol–water partition coefficient (Wildman–Crippen LogP) is 6.52. The summed E-state index contributed by atoms with van der Waals surface area (Å²) >= 11 is 5.81. The summed E-state index contributed by atoms with van der Waals surface area (Å²) in [6.45, 7) is 2.90. The lowest BCUT2D eigenvalue weighted by Gasteiger charge is -2.10. The third kappa shape index (κ3) is 3.86. The Balaban J connectivity index is 1.87. The Morgan fingerprint density at radius 1 is 1.10 bits per heavy atom. The fourth-order valence-electron chi connectivity index (χ4n) is 3.68. The number of nitrogens with zero attached hydrogens (tertiary/aromatic N) is 2. The summed E-state index contributed by atoms with van der Waals surface area (Å²) in [7, 11) is 0. The Morgan fingerprint density at radius 3 is 2.55 bits per heavy atom. The summed E-state index contributed by atoms with van der Waals surface area (Å²) in [6, 6.07) is 12.1. The van der Waals surface area contributed by atoms with Gasteiger partial charge in [-0.2, -0.15) is 18.3 Å². The number of hydrogen-bond acceptors (Lipinski definition) is 2. The van der Waals surface area contributed by atoms with Crippen LogP contribution < -0.4 is 5.32 Å². The number of anilines is 1. The number of alkyl halides is 3. The molecular formula is C22H21ClF3N3. The molecule has 7 heteroatoms. The molecule has 0 amide bonds. The number of rotatable bonds is 3. The zero-order valence-electron chi connectivity index (χ0n) is 16.0. The molecule has 2 heterocycles. The zero-order valence-corrected chi connectivity index (χ0v) is 16.7. The van der Waals surface area contributed by atoms with Crippen LogP contribution in [0.4, 0.5) is 19.0 Å². The topological polar surface area (TPSA) is 29.9 Å². The molecule has 3 aromatic rings. The van der Waals surface area contributed by atoms with E-state index in [1.54, 1.807) is 10.7 Å². The van der Waals surface area contributed by atoms with Gasteiger partial charge in [-0.15, -0.1) is 0 Å². The van der Waals surface area contributed by atoms with Crippen LogP contribution in [-0.2, 0) is 19.0 Å². The third-order valence-corrected chi connectivity index (χ3v) is 5.59. The predicted molar refractivity (Wildman–Crippen MR) is 110 cm³/mol. The first-order chi connectivity index (χ1) is 13.9. The summed E-state index contributed by atoms with van der Waals surface area (Å²) in [5.41, 5.74) is 3.19. The molecule has 0 saturated carbocycles. The summed E-state index contributed by atoms with van der Waals surface area (Å²) in [5.74, 6) is 0.852. The monoisotopic (exact) mass is 419 g/mol. The van der Waals surface area contributed by atoms with Crippen molar-refractivity contribution >= 4 is 17.4 Å². The van der Waals surface area contributed by atoms with Gasteiger partial charge in [-0.05, 0) is 55.5 Å². The lowest BCUT2D eigenvalue weighted by molar-refractivity contribution is -0.137. The van der Waals surface area contributed by atoms with Crippen molar-refractivity contribution in [3.8, 4) is 16.9 Å². The van der Waals surface area contributed by atoms with Crippen molar-refractivity contribution in [2.24, 2.45) is 0 Å². The van der Waals surface area contributed by atoms with Crippen molar-refractivity contribution in [1.82, 2.24) is 9.78 Å². The van der Waals surface area contributed by atoms with E-state index in [1.807, 2.05) is 24.3 Å². The van der Waals surface area contributed by atoms with Crippen LogP contribution in [0.2, 0.25) is 5.02 Å². The molecule has 0 bridgehead atoms. The number of aromatic nitrogens is 2. The quantitative estimate of drug-likeness (QED) is 0.523. The highest BCUT2D eigenvalue weighted by atomic mass is 35.5. The van der Waals surface area contributed by atoms with Crippen LogP contribution >= 0.6 is 11.6 Å². The van der Waals surface area contributed by atoms with Gasteiger partial charge < -0.3 is 5.32 Å². The molecule has 0 unspecified atom stereocenters. The number of fused-ring (bicyclic) bond motifs is 1. The fraction of sp³-hybridized carbons (Fsp3) is 0.318. The third-order valence-electron chi connectivity index (χ3n) is 5.26. The molecular weight excluding hydrogens is 399 g/mol. The molecule has 152 valence electrons. The van der Waals surface area contributed by atoms with E-state index in [-0.39, 0.29) is 5.02 Å². The standard InChI is InChI=1S/C22H21ClF3N3/c1-2-14-6-9-16(10-7-14)29-21-17(5-3-4-12-27-21)20(28-29)15-8-11-19(23)18(13-15)22(24,25)26/h6-11,13,27H,2-5,12H2,1H3. The molecule has 0 saturated heterocycles. The highest BCUT2D eigenvalue weighted by Gasteiger charge is 2.34. The molecule has 1 N–H and O–H groups in total. The zero-order chi connectivity index (χ0) is 20.6. The molecule has 3 nitrogen and oxygen atoms in total. The Kier molecular flexibility index (Phi) is 5.30. The average molecular weight is 420 g/mol. The minimum Gasteiger partial charge on any atom is -0.370 e. The first-order valence-electron chi connectivity index (χ1n) is 9.70. The van der Waals surface area contributed by atoms with Gasteiger partial charge in [0.25, 0.3) is 0 Å². The van der Waals surface area contributed by atoms with Gasteiger partial charge in [0.15, 0.2) is 0 Å². The van der Waals surface area contributed by atoms with E-state index < -0.39 is 11.7 Å². The summed E-state index contributed by atoms with van der Waals surface area (Å²) < 4.78 is 41.9. The second kappa shape index (κ2) is 7.75.